The molecule has 0 aliphatic carbocycles. The van der Waals surface area contributed by atoms with Gasteiger partial charge in [-0.2, -0.15) is 0 Å². The minimum atomic E-state index is -0.0276. The van der Waals surface area contributed by atoms with E-state index in [-0.39, 0.29) is 6.03 Å². The first-order valence-corrected chi connectivity index (χ1v) is 8.43. The van der Waals surface area contributed by atoms with Crippen molar-refractivity contribution < 1.29 is 4.79 Å². The first-order chi connectivity index (χ1) is 10.8. The lowest BCUT2D eigenvalue weighted by atomic mass is 10.2. The smallest absolute Gasteiger partial charge is 0.321 e. The predicted molar refractivity (Wildman–Crippen MR) is 90.1 cm³/mol. The van der Waals surface area contributed by atoms with Crippen molar-refractivity contribution in [3.63, 3.8) is 0 Å². The monoisotopic (exact) mass is 313 g/mol. The number of urea groups is 1. The Morgan fingerprint density at radius 3 is 2.91 bits per heavy atom. The number of benzene rings is 1. The number of hydrogen-bond acceptors (Lipinski definition) is 3. The Hall–Kier alpha value is -2.01. The van der Waals surface area contributed by atoms with Crippen molar-refractivity contribution in [3.05, 3.63) is 54.9 Å². The molecular weight excluding hydrogens is 294 g/mol. The topological polar surface area (TPSA) is 45.2 Å². The Kier molecular flexibility index (Phi) is 4.96. The molecule has 0 saturated carbocycles. The largest absolute Gasteiger partial charge is 0.324 e. The van der Waals surface area contributed by atoms with Crippen molar-refractivity contribution in [1.29, 1.82) is 0 Å². The van der Waals surface area contributed by atoms with Gasteiger partial charge in [0, 0.05) is 29.9 Å². The molecule has 5 heteroatoms. The van der Waals surface area contributed by atoms with Crippen LogP contribution in [0.5, 0.6) is 0 Å². The number of nitrogens with zero attached hydrogens (tertiary/aromatic N) is 2. The van der Waals surface area contributed by atoms with Crippen LogP contribution in [0.25, 0.3) is 0 Å². The molecular formula is C17H19N3OS. The van der Waals surface area contributed by atoms with Gasteiger partial charge in [0.1, 0.15) is 0 Å². The third-order valence-electron chi connectivity index (χ3n) is 3.71. The summed E-state index contributed by atoms with van der Waals surface area (Å²) in [5, 5.41) is 2.90. The third kappa shape index (κ3) is 4.01. The fourth-order valence-corrected chi connectivity index (χ4v) is 3.57. The normalized spacial score (nSPS) is 17.5. The van der Waals surface area contributed by atoms with Crippen LogP contribution < -0.4 is 5.32 Å². The van der Waals surface area contributed by atoms with Crippen LogP contribution in [0, 0.1) is 5.92 Å². The molecule has 1 aromatic carbocycles. The maximum Gasteiger partial charge on any atom is 0.321 e. The molecule has 2 aromatic rings. The Morgan fingerprint density at radius 1 is 1.27 bits per heavy atom. The molecule has 1 aliphatic heterocycles. The molecule has 0 bridgehead atoms. The number of carbonyl (C=O) groups is 1. The van der Waals surface area contributed by atoms with Crippen molar-refractivity contribution in [2.75, 3.05) is 24.2 Å². The zero-order valence-electron chi connectivity index (χ0n) is 12.3. The van der Waals surface area contributed by atoms with Gasteiger partial charge in [-0.25, -0.2) is 4.79 Å². The highest BCUT2D eigenvalue weighted by molar-refractivity contribution is 7.99. The zero-order chi connectivity index (χ0) is 15.2. The lowest BCUT2D eigenvalue weighted by molar-refractivity contribution is 0.221. The number of pyridine rings is 1. The summed E-state index contributed by atoms with van der Waals surface area (Å²) in [6.45, 7) is 1.65. The van der Waals surface area contributed by atoms with E-state index >= 15 is 0 Å². The summed E-state index contributed by atoms with van der Waals surface area (Å²) in [7, 11) is 0. The Labute approximate surface area is 134 Å². The van der Waals surface area contributed by atoms with Crippen molar-refractivity contribution in [1.82, 2.24) is 9.88 Å². The number of anilines is 1. The highest BCUT2D eigenvalue weighted by Crippen LogP contribution is 2.26. The van der Waals surface area contributed by atoms with Crippen LogP contribution in [0.4, 0.5) is 10.5 Å². The van der Waals surface area contributed by atoms with E-state index < -0.39 is 0 Å². The van der Waals surface area contributed by atoms with Crippen molar-refractivity contribution in [2.24, 2.45) is 5.92 Å². The molecule has 1 fully saturated rings. The van der Waals surface area contributed by atoms with Gasteiger partial charge in [0.2, 0.25) is 0 Å². The number of nitrogens with one attached hydrogen (secondary N) is 1. The molecule has 1 saturated heterocycles. The van der Waals surface area contributed by atoms with Gasteiger partial charge in [-0.15, -0.1) is 11.8 Å². The summed E-state index contributed by atoms with van der Waals surface area (Å²) >= 11 is 1.87. The van der Waals surface area contributed by atoms with Gasteiger partial charge >= 0.3 is 6.03 Å². The van der Waals surface area contributed by atoms with Gasteiger partial charge in [0.15, 0.2) is 0 Å². The van der Waals surface area contributed by atoms with Crippen molar-refractivity contribution >= 4 is 23.5 Å². The fourth-order valence-electron chi connectivity index (χ4n) is 2.52. The second-order valence-corrected chi connectivity index (χ2v) is 6.49. The maximum atomic E-state index is 12.2. The predicted octanol–water partition coefficient (Wildman–Crippen LogP) is 3.73. The molecule has 0 radical (unpaired) electrons. The lowest BCUT2D eigenvalue weighted by Crippen LogP contribution is -2.33. The summed E-state index contributed by atoms with van der Waals surface area (Å²) in [6.07, 6.45) is 4.43. The molecule has 0 unspecified atom stereocenters. The van der Waals surface area contributed by atoms with Crippen LogP contribution in [0.1, 0.15) is 6.42 Å². The van der Waals surface area contributed by atoms with Crippen LogP contribution in [-0.4, -0.2) is 34.8 Å². The van der Waals surface area contributed by atoms with Gasteiger partial charge in [-0.1, -0.05) is 18.2 Å². The Balaban J connectivity index is 1.46. The van der Waals surface area contributed by atoms with E-state index in [4.69, 9.17) is 0 Å². The summed E-state index contributed by atoms with van der Waals surface area (Å²) in [5.74, 6) is 1.62. The van der Waals surface area contributed by atoms with Crippen LogP contribution in [0.2, 0.25) is 0 Å². The fraction of sp³-hybridized carbons (Fsp3) is 0.294. The number of aromatic nitrogens is 1. The highest BCUT2D eigenvalue weighted by atomic mass is 32.2. The number of carbonyl (C=O) groups excluding carboxylic acids is 1. The van der Waals surface area contributed by atoms with E-state index in [2.05, 4.69) is 34.6 Å². The number of thioether (sulfide) groups is 1. The molecule has 1 aromatic heterocycles. The molecule has 114 valence electrons. The molecule has 2 heterocycles. The lowest BCUT2D eigenvalue weighted by Gasteiger charge is -2.17. The summed E-state index contributed by atoms with van der Waals surface area (Å²) < 4.78 is 0. The quantitative estimate of drug-likeness (QED) is 0.875. The third-order valence-corrected chi connectivity index (χ3v) is 4.96. The van der Waals surface area contributed by atoms with Crippen molar-refractivity contribution in [2.45, 2.75) is 11.3 Å². The van der Waals surface area contributed by atoms with Crippen LogP contribution in [-0.2, 0) is 0 Å². The molecule has 2 amide bonds. The maximum absolute atomic E-state index is 12.2. The van der Waals surface area contributed by atoms with Crippen LogP contribution in [0.15, 0.2) is 59.8 Å². The van der Waals surface area contributed by atoms with Gasteiger partial charge in [0.05, 0.1) is 11.9 Å². The molecule has 0 spiro atoms. The molecule has 1 atom stereocenters. The minimum Gasteiger partial charge on any atom is -0.324 e. The highest BCUT2D eigenvalue weighted by Gasteiger charge is 2.26. The first kappa shape index (κ1) is 14.9. The summed E-state index contributed by atoms with van der Waals surface area (Å²) in [5.41, 5.74) is 0.745. The van der Waals surface area contributed by atoms with E-state index in [9.17, 15) is 4.79 Å². The molecule has 1 aliphatic rings. The number of likely N-dealkylation sites (tertiary alicyclic amines) is 1. The van der Waals surface area contributed by atoms with E-state index in [1.54, 1.807) is 12.4 Å². The summed E-state index contributed by atoms with van der Waals surface area (Å²) in [4.78, 5) is 19.4. The summed E-state index contributed by atoms with van der Waals surface area (Å²) in [6, 6.07) is 14.1. The van der Waals surface area contributed by atoms with Gasteiger partial charge in [-0.3, -0.25) is 4.98 Å². The van der Waals surface area contributed by atoms with E-state index in [1.165, 1.54) is 4.90 Å². The first-order valence-electron chi connectivity index (χ1n) is 7.45. The zero-order valence-corrected chi connectivity index (χ0v) is 13.1. The standard InChI is InChI=1S/C17H19N3OS/c21-17(19-15-5-4-9-18-11-15)20-10-8-14(12-20)13-22-16-6-2-1-3-7-16/h1-7,9,11,14H,8,10,12-13H2,(H,19,21)/t14-/m0/s1. The van der Waals surface area contributed by atoms with Gasteiger partial charge < -0.3 is 10.2 Å². The van der Waals surface area contributed by atoms with E-state index in [0.29, 0.717) is 5.92 Å². The number of amides is 2. The molecule has 22 heavy (non-hydrogen) atoms. The average molecular weight is 313 g/mol. The average Bonchev–Trinajstić information content (AvgIpc) is 3.04. The molecule has 3 rings (SSSR count). The number of rotatable bonds is 4. The van der Waals surface area contributed by atoms with E-state index in [1.807, 2.05) is 34.9 Å². The van der Waals surface area contributed by atoms with Crippen LogP contribution >= 0.6 is 11.8 Å². The SMILES string of the molecule is O=C(Nc1cccnc1)N1CC[C@H](CSc2ccccc2)C1. The van der Waals surface area contributed by atoms with Crippen LogP contribution in [0.3, 0.4) is 0 Å². The van der Waals surface area contributed by atoms with Gasteiger partial charge in [-0.05, 0) is 36.6 Å². The van der Waals surface area contributed by atoms with Crippen molar-refractivity contribution in [3.8, 4) is 0 Å². The minimum absolute atomic E-state index is 0.0276. The Bertz CT molecular complexity index is 606. The number of hydrogen-bond donors (Lipinski definition) is 1. The van der Waals surface area contributed by atoms with E-state index in [0.717, 1.165) is 31.0 Å². The van der Waals surface area contributed by atoms with Gasteiger partial charge in [0.25, 0.3) is 0 Å². The second-order valence-electron chi connectivity index (χ2n) is 5.40. The molecule has 1 N–H and O–H groups in total. The molecule has 4 nitrogen and oxygen atoms in total. The second kappa shape index (κ2) is 7.31. The Morgan fingerprint density at radius 2 is 2.14 bits per heavy atom.